The van der Waals surface area contributed by atoms with Gasteiger partial charge in [-0.2, -0.15) is 0 Å². The lowest BCUT2D eigenvalue weighted by atomic mass is 9.92. The van der Waals surface area contributed by atoms with E-state index in [-0.39, 0.29) is 10.8 Å². The molecule has 0 atom stereocenters. The molecule has 0 unspecified atom stereocenters. The summed E-state index contributed by atoms with van der Waals surface area (Å²) >= 11 is 0. The second-order valence-electron chi connectivity index (χ2n) is 14.0. The van der Waals surface area contributed by atoms with Gasteiger partial charge < -0.3 is 4.40 Å². The Balaban J connectivity index is 1.72. The Morgan fingerprint density at radius 2 is 1.39 bits per heavy atom. The SMILES string of the molecule is Cc1ccc2c(c1)c1cc(C)c(C)c3c1n2c1cc(-c2nc(C(C)(C)C)nc(C(C)(C)C)n2)cc2cc[n+](C)c3c21. The molecule has 206 valence electrons. The van der Waals surface area contributed by atoms with Crippen molar-refractivity contribution in [3.05, 3.63) is 77.0 Å². The van der Waals surface area contributed by atoms with Crippen LogP contribution < -0.4 is 4.57 Å². The molecule has 0 fully saturated rings. The molecule has 0 radical (unpaired) electrons. The van der Waals surface area contributed by atoms with Gasteiger partial charge in [0.25, 0.3) is 0 Å². The summed E-state index contributed by atoms with van der Waals surface area (Å²) < 4.78 is 4.78. The number of pyridine rings is 2. The van der Waals surface area contributed by atoms with Crippen LogP contribution in [0.3, 0.4) is 0 Å². The van der Waals surface area contributed by atoms with E-state index in [9.17, 15) is 0 Å². The molecule has 0 spiro atoms. The maximum atomic E-state index is 5.07. The van der Waals surface area contributed by atoms with Gasteiger partial charge in [-0.1, -0.05) is 53.2 Å². The molecular formula is C36H38N5+. The minimum Gasteiger partial charge on any atom is -0.307 e. The topological polar surface area (TPSA) is 47.0 Å². The third-order valence-corrected chi connectivity index (χ3v) is 8.65. The lowest BCUT2D eigenvalue weighted by Gasteiger charge is -2.23. The highest BCUT2D eigenvalue weighted by Crippen LogP contribution is 2.43. The fourth-order valence-electron chi connectivity index (χ4n) is 6.32. The summed E-state index contributed by atoms with van der Waals surface area (Å²) in [5.74, 6) is 2.38. The van der Waals surface area contributed by atoms with Gasteiger partial charge in [-0.3, -0.25) is 0 Å². The van der Waals surface area contributed by atoms with Gasteiger partial charge in [0.1, 0.15) is 18.7 Å². The minimum atomic E-state index is -0.196. The number of fused-ring (bicyclic) bond motifs is 5. The first-order valence-corrected chi connectivity index (χ1v) is 14.5. The second-order valence-corrected chi connectivity index (χ2v) is 14.0. The van der Waals surface area contributed by atoms with Crippen LogP contribution in [-0.4, -0.2) is 19.4 Å². The Morgan fingerprint density at radius 3 is 2.05 bits per heavy atom. The zero-order chi connectivity index (χ0) is 29.2. The molecule has 41 heavy (non-hydrogen) atoms. The van der Waals surface area contributed by atoms with Crippen LogP contribution in [0.5, 0.6) is 0 Å². The van der Waals surface area contributed by atoms with Gasteiger partial charge >= 0.3 is 0 Å². The van der Waals surface area contributed by atoms with Crippen LogP contribution in [0.2, 0.25) is 0 Å². The van der Waals surface area contributed by atoms with Gasteiger partial charge in [0.05, 0.1) is 27.3 Å². The molecule has 5 heteroatoms. The van der Waals surface area contributed by atoms with Crippen LogP contribution in [0.4, 0.5) is 0 Å². The molecule has 3 aromatic carbocycles. The average Bonchev–Trinajstić information content (AvgIpc) is 3.21. The number of hydrogen-bond donors (Lipinski definition) is 0. The van der Waals surface area contributed by atoms with E-state index in [0.29, 0.717) is 0 Å². The molecule has 0 saturated heterocycles. The highest BCUT2D eigenvalue weighted by molar-refractivity contribution is 6.26. The molecule has 0 saturated carbocycles. The standard InChI is InChI=1S/C36H38N5/c1-19-11-12-26-24(15-19)25-16-20(2)21(3)28-30(25)41(26)27-18-23(17-22-13-14-40(10)31(28)29(22)27)32-37-33(35(4,5)6)39-34(38-32)36(7,8)9/h11-18H,1-10H3/q+1. The Labute approximate surface area is 241 Å². The van der Waals surface area contributed by atoms with Crippen molar-refractivity contribution >= 4 is 49.0 Å². The largest absolute Gasteiger partial charge is 0.307 e. The van der Waals surface area contributed by atoms with Crippen LogP contribution in [0, 0.1) is 20.8 Å². The van der Waals surface area contributed by atoms with Crippen molar-refractivity contribution in [2.75, 3.05) is 0 Å². The number of hydrogen-bond acceptors (Lipinski definition) is 3. The molecular weight excluding hydrogens is 502 g/mol. The van der Waals surface area contributed by atoms with E-state index in [2.05, 4.69) is 127 Å². The van der Waals surface area contributed by atoms with E-state index < -0.39 is 0 Å². The Bertz CT molecular complexity index is 2170. The normalized spacial score (nSPS) is 13.1. The molecule has 0 bridgehead atoms. The number of rotatable bonds is 1. The zero-order valence-corrected chi connectivity index (χ0v) is 25.9. The minimum absolute atomic E-state index is 0.196. The van der Waals surface area contributed by atoms with Gasteiger partial charge in [-0.05, 0) is 67.6 Å². The first-order valence-electron chi connectivity index (χ1n) is 14.5. The molecule has 0 aliphatic carbocycles. The summed E-state index contributed by atoms with van der Waals surface area (Å²) in [5, 5.41) is 6.38. The van der Waals surface area contributed by atoms with Gasteiger partial charge in [-0.25, -0.2) is 19.5 Å². The zero-order valence-electron chi connectivity index (χ0n) is 25.9. The van der Waals surface area contributed by atoms with Crippen molar-refractivity contribution in [3.63, 3.8) is 0 Å². The first kappa shape index (κ1) is 25.8. The van der Waals surface area contributed by atoms with Gasteiger partial charge in [-0.15, -0.1) is 0 Å². The third-order valence-electron chi connectivity index (χ3n) is 8.65. The Kier molecular flexibility index (Phi) is 5.18. The maximum Gasteiger partial charge on any atom is 0.224 e. The van der Waals surface area contributed by atoms with Crippen LogP contribution in [0.15, 0.2) is 48.7 Å². The maximum absolute atomic E-state index is 5.07. The molecule has 0 N–H and O–H groups in total. The summed E-state index contributed by atoms with van der Waals surface area (Å²) in [6, 6.07) is 16.0. The molecule has 0 amide bonds. The van der Waals surface area contributed by atoms with Crippen molar-refractivity contribution in [2.45, 2.75) is 73.1 Å². The fraction of sp³-hybridized carbons (Fsp3) is 0.333. The average molecular weight is 541 g/mol. The van der Waals surface area contributed by atoms with E-state index in [0.717, 1.165) is 23.0 Å². The van der Waals surface area contributed by atoms with Crippen molar-refractivity contribution in [1.29, 1.82) is 0 Å². The monoisotopic (exact) mass is 540 g/mol. The summed E-state index contributed by atoms with van der Waals surface area (Å²) in [7, 11) is 2.17. The molecule has 7 aromatic rings. The lowest BCUT2D eigenvalue weighted by molar-refractivity contribution is -0.643. The van der Waals surface area contributed by atoms with Crippen LogP contribution in [0.1, 0.15) is 69.9 Å². The summed E-state index contributed by atoms with van der Waals surface area (Å²) in [6.07, 6.45) is 2.19. The third kappa shape index (κ3) is 3.67. The Hall–Kier alpha value is -4.12. The summed E-state index contributed by atoms with van der Waals surface area (Å²) in [4.78, 5) is 15.1. The van der Waals surface area contributed by atoms with Crippen LogP contribution >= 0.6 is 0 Å². The number of nitrogens with zero attached hydrogens (tertiary/aromatic N) is 5. The van der Waals surface area contributed by atoms with E-state index in [4.69, 9.17) is 15.0 Å². The van der Waals surface area contributed by atoms with Crippen molar-refractivity contribution in [1.82, 2.24) is 19.4 Å². The van der Waals surface area contributed by atoms with Crippen molar-refractivity contribution < 1.29 is 4.57 Å². The quantitative estimate of drug-likeness (QED) is 0.120. The lowest BCUT2D eigenvalue weighted by Crippen LogP contribution is -2.29. The molecule has 5 nitrogen and oxygen atoms in total. The number of aryl methyl sites for hydroxylation is 4. The van der Waals surface area contributed by atoms with Crippen molar-refractivity contribution in [3.8, 4) is 11.4 Å². The molecule has 7 rings (SSSR count). The first-order chi connectivity index (χ1) is 19.2. The van der Waals surface area contributed by atoms with E-state index in [1.165, 1.54) is 65.7 Å². The summed E-state index contributed by atoms with van der Waals surface area (Å²) in [5.41, 5.74) is 9.50. The molecule has 4 heterocycles. The van der Waals surface area contributed by atoms with Crippen LogP contribution in [0.25, 0.3) is 60.4 Å². The van der Waals surface area contributed by atoms with Gasteiger partial charge in [0.15, 0.2) is 12.0 Å². The van der Waals surface area contributed by atoms with Gasteiger partial charge in [0.2, 0.25) is 5.52 Å². The van der Waals surface area contributed by atoms with E-state index in [1.54, 1.807) is 0 Å². The van der Waals surface area contributed by atoms with Crippen molar-refractivity contribution in [2.24, 2.45) is 7.05 Å². The molecule has 0 aliphatic heterocycles. The van der Waals surface area contributed by atoms with Gasteiger partial charge in [0, 0.05) is 33.2 Å². The predicted octanol–water partition coefficient (Wildman–Crippen LogP) is 8.19. The molecule has 4 aromatic heterocycles. The smallest absolute Gasteiger partial charge is 0.224 e. The van der Waals surface area contributed by atoms with Crippen LogP contribution in [-0.2, 0) is 17.9 Å². The fourth-order valence-corrected chi connectivity index (χ4v) is 6.32. The van der Waals surface area contributed by atoms with E-state index >= 15 is 0 Å². The van der Waals surface area contributed by atoms with E-state index in [1.807, 2.05) is 0 Å². The number of benzene rings is 3. The second kappa shape index (κ2) is 8.22. The highest BCUT2D eigenvalue weighted by atomic mass is 15.1. The summed E-state index contributed by atoms with van der Waals surface area (Å²) in [6.45, 7) is 19.7. The molecule has 0 aliphatic rings. The number of aromatic nitrogens is 5. The Morgan fingerprint density at radius 1 is 0.707 bits per heavy atom. The predicted molar refractivity (Wildman–Crippen MR) is 170 cm³/mol. The highest BCUT2D eigenvalue weighted by Gasteiger charge is 2.28.